The van der Waals surface area contributed by atoms with Crippen LogP contribution in [0.2, 0.25) is 0 Å². The van der Waals surface area contributed by atoms with Gasteiger partial charge in [-0.1, -0.05) is 25.1 Å². The molecule has 1 fully saturated rings. The van der Waals surface area contributed by atoms with E-state index < -0.39 is 5.97 Å². The predicted molar refractivity (Wildman–Crippen MR) is 76.8 cm³/mol. The van der Waals surface area contributed by atoms with Crippen molar-refractivity contribution in [2.45, 2.75) is 26.3 Å². The normalized spacial score (nSPS) is 15.1. The van der Waals surface area contributed by atoms with Crippen LogP contribution in [0.15, 0.2) is 28.7 Å². The summed E-state index contributed by atoms with van der Waals surface area (Å²) in [5, 5.41) is 10.3. The van der Waals surface area contributed by atoms with Gasteiger partial charge >= 0.3 is 5.97 Å². The summed E-state index contributed by atoms with van der Waals surface area (Å²) in [6, 6.07) is 7.54. The number of carboxylic acids is 1. The van der Waals surface area contributed by atoms with Gasteiger partial charge in [0.15, 0.2) is 0 Å². The Bertz CT molecular complexity index is 628. The first-order chi connectivity index (χ1) is 9.69. The van der Waals surface area contributed by atoms with Gasteiger partial charge in [-0.15, -0.1) is 0 Å². The van der Waals surface area contributed by atoms with E-state index >= 15 is 0 Å². The molecule has 4 nitrogen and oxygen atoms in total. The second kappa shape index (κ2) is 5.29. The highest BCUT2D eigenvalue weighted by atomic mass is 16.4. The van der Waals surface area contributed by atoms with E-state index in [1.807, 2.05) is 24.3 Å². The number of furan rings is 1. The lowest BCUT2D eigenvalue weighted by molar-refractivity contribution is 0.0661. The molecule has 106 valence electrons. The van der Waals surface area contributed by atoms with E-state index in [4.69, 9.17) is 4.42 Å². The highest BCUT2D eigenvalue weighted by Gasteiger charge is 2.26. The van der Waals surface area contributed by atoms with E-state index in [0.717, 1.165) is 30.0 Å². The van der Waals surface area contributed by atoms with Crippen LogP contribution in [0.4, 0.5) is 0 Å². The lowest BCUT2D eigenvalue weighted by Crippen LogP contribution is -2.25. The zero-order chi connectivity index (χ0) is 14.1. The summed E-state index contributed by atoms with van der Waals surface area (Å²) in [7, 11) is 0. The third-order valence-electron chi connectivity index (χ3n) is 3.93. The maximum atomic E-state index is 11.4. The van der Waals surface area contributed by atoms with Gasteiger partial charge in [0.2, 0.25) is 5.76 Å². The molecule has 0 saturated heterocycles. The van der Waals surface area contributed by atoms with Gasteiger partial charge in [0, 0.05) is 24.0 Å². The minimum atomic E-state index is -0.987. The topological polar surface area (TPSA) is 53.7 Å². The van der Waals surface area contributed by atoms with Crippen molar-refractivity contribution in [2.75, 3.05) is 13.1 Å². The Kier molecular flexibility index (Phi) is 3.49. The van der Waals surface area contributed by atoms with E-state index in [2.05, 4.69) is 11.8 Å². The number of carbonyl (C=O) groups is 1. The van der Waals surface area contributed by atoms with Gasteiger partial charge in [-0.3, -0.25) is 4.90 Å². The van der Waals surface area contributed by atoms with Crippen LogP contribution >= 0.6 is 0 Å². The highest BCUT2D eigenvalue weighted by molar-refractivity contribution is 5.95. The SMILES string of the molecule is CCN(Cc1c(C(=O)O)oc2ccccc12)CC1CC1. The first kappa shape index (κ1) is 13.2. The maximum Gasteiger partial charge on any atom is 0.372 e. The van der Waals surface area contributed by atoms with Crippen LogP contribution in [-0.4, -0.2) is 29.1 Å². The first-order valence-electron chi connectivity index (χ1n) is 7.15. The van der Waals surface area contributed by atoms with Gasteiger partial charge < -0.3 is 9.52 Å². The average Bonchev–Trinajstić information content (AvgIpc) is 3.18. The van der Waals surface area contributed by atoms with Gasteiger partial charge in [0.05, 0.1) is 0 Å². The number of rotatable bonds is 6. The summed E-state index contributed by atoms with van der Waals surface area (Å²) >= 11 is 0. The van der Waals surface area contributed by atoms with Crippen molar-refractivity contribution in [3.63, 3.8) is 0 Å². The van der Waals surface area contributed by atoms with E-state index in [9.17, 15) is 9.90 Å². The summed E-state index contributed by atoms with van der Waals surface area (Å²) in [6.45, 7) is 4.74. The van der Waals surface area contributed by atoms with Crippen molar-refractivity contribution in [1.29, 1.82) is 0 Å². The molecule has 1 aliphatic rings. The first-order valence-corrected chi connectivity index (χ1v) is 7.15. The summed E-state index contributed by atoms with van der Waals surface area (Å²) in [5.74, 6) is -0.111. The van der Waals surface area contributed by atoms with Crippen molar-refractivity contribution >= 4 is 16.9 Å². The van der Waals surface area contributed by atoms with Crippen molar-refractivity contribution < 1.29 is 14.3 Å². The molecular formula is C16H19NO3. The van der Waals surface area contributed by atoms with E-state index in [-0.39, 0.29) is 5.76 Å². The number of hydrogen-bond acceptors (Lipinski definition) is 3. The fourth-order valence-electron chi connectivity index (χ4n) is 2.62. The third kappa shape index (κ3) is 2.56. The lowest BCUT2D eigenvalue weighted by atomic mass is 10.1. The number of aromatic carboxylic acids is 1. The molecule has 0 radical (unpaired) electrons. The van der Waals surface area contributed by atoms with Gasteiger partial charge in [-0.25, -0.2) is 4.79 Å². The second-order valence-electron chi connectivity index (χ2n) is 5.48. The second-order valence-corrected chi connectivity index (χ2v) is 5.48. The molecule has 0 amide bonds. The molecular weight excluding hydrogens is 254 g/mol. The van der Waals surface area contributed by atoms with Crippen molar-refractivity contribution in [3.05, 3.63) is 35.6 Å². The molecule has 0 bridgehead atoms. The van der Waals surface area contributed by atoms with Crippen LogP contribution in [0.1, 0.15) is 35.9 Å². The number of nitrogens with zero attached hydrogens (tertiary/aromatic N) is 1. The van der Waals surface area contributed by atoms with Crippen molar-refractivity contribution in [1.82, 2.24) is 4.90 Å². The smallest absolute Gasteiger partial charge is 0.372 e. The Morgan fingerprint density at radius 1 is 1.40 bits per heavy atom. The Labute approximate surface area is 118 Å². The molecule has 3 rings (SSSR count). The minimum Gasteiger partial charge on any atom is -0.475 e. The third-order valence-corrected chi connectivity index (χ3v) is 3.93. The maximum absolute atomic E-state index is 11.4. The van der Waals surface area contributed by atoms with Crippen LogP contribution in [0, 0.1) is 5.92 Å². The largest absolute Gasteiger partial charge is 0.475 e. The van der Waals surface area contributed by atoms with Gasteiger partial charge in [-0.05, 0) is 31.4 Å². The number of hydrogen-bond donors (Lipinski definition) is 1. The molecule has 4 heteroatoms. The molecule has 20 heavy (non-hydrogen) atoms. The number of fused-ring (bicyclic) bond motifs is 1. The van der Waals surface area contributed by atoms with E-state index in [1.165, 1.54) is 12.8 Å². The van der Waals surface area contributed by atoms with E-state index in [1.54, 1.807) is 0 Å². The number of benzene rings is 1. The highest BCUT2D eigenvalue weighted by Crippen LogP contribution is 2.32. The fourth-order valence-corrected chi connectivity index (χ4v) is 2.62. The molecule has 2 aromatic rings. The van der Waals surface area contributed by atoms with Crippen molar-refractivity contribution in [2.24, 2.45) is 5.92 Å². The zero-order valence-corrected chi connectivity index (χ0v) is 11.6. The van der Waals surface area contributed by atoms with Crippen LogP contribution in [0.25, 0.3) is 11.0 Å². The summed E-state index contributed by atoms with van der Waals surface area (Å²) < 4.78 is 5.50. The molecule has 1 aliphatic carbocycles. The molecule has 0 atom stereocenters. The summed E-state index contributed by atoms with van der Waals surface area (Å²) in [6.07, 6.45) is 2.60. The van der Waals surface area contributed by atoms with Gasteiger partial charge in [0.1, 0.15) is 5.58 Å². The van der Waals surface area contributed by atoms with E-state index in [0.29, 0.717) is 12.1 Å². The molecule has 0 unspecified atom stereocenters. The molecule has 0 aliphatic heterocycles. The van der Waals surface area contributed by atoms with Gasteiger partial charge in [0.25, 0.3) is 0 Å². The van der Waals surface area contributed by atoms with Crippen LogP contribution in [-0.2, 0) is 6.54 Å². The van der Waals surface area contributed by atoms with Crippen LogP contribution in [0.3, 0.4) is 0 Å². The summed E-state index contributed by atoms with van der Waals surface area (Å²) in [5.41, 5.74) is 1.46. The van der Waals surface area contributed by atoms with Gasteiger partial charge in [-0.2, -0.15) is 0 Å². The Morgan fingerprint density at radius 2 is 2.15 bits per heavy atom. The fraction of sp³-hybridized carbons (Fsp3) is 0.438. The summed E-state index contributed by atoms with van der Waals surface area (Å²) in [4.78, 5) is 13.7. The Morgan fingerprint density at radius 3 is 2.80 bits per heavy atom. The van der Waals surface area contributed by atoms with Crippen molar-refractivity contribution in [3.8, 4) is 0 Å². The average molecular weight is 273 g/mol. The monoisotopic (exact) mass is 273 g/mol. The molecule has 0 spiro atoms. The molecule has 1 aromatic carbocycles. The van der Waals surface area contributed by atoms with Crippen LogP contribution in [0.5, 0.6) is 0 Å². The minimum absolute atomic E-state index is 0.0837. The Hall–Kier alpha value is -1.81. The molecule has 1 N–H and O–H groups in total. The molecule has 1 heterocycles. The number of carboxylic acid groups (broad SMARTS) is 1. The van der Waals surface area contributed by atoms with Crippen LogP contribution < -0.4 is 0 Å². The zero-order valence-electron chi connectivity index (χ0n) is 11.6. The number of para-hydroxylation sites is 1. The predicted octanol–water partition coefficient (Wildman–Crippen LogP) is 3.36. The molecule has 1 saturated carbocycles. The Balaban J connectivity index is 1.94. The lowest BCUT2D eigenvalue weighted by Gasteiger charge is -2.19. The molecule has 1 aromatic heterocycles. The quantitative estimate of drug-likeness (QED) is 0.876. The standard InChI is InChI=1S/C16H19NO3/c1-2-17(9-11-7-8-11)10-13-12-5-3-4-6-14(12)20-15(13)16(18)19/h3-6,11H,2,7-10H2,1H3,(H,18,19).